The second kappa shape index (κ2) is 5.74. The van der Waals surface area contributed by atoms with Crippen LogP contribution in [0.25, 0.3) is 0 Å². The summed E-state index contributed by atoms with van der Waals surface area (Å²) in [4.78, 5) is 2.21. The summed E-state index contributed by atoms with van der Waals surface area (Å²) in [6, 6.07) is 4.55. The number of nitrogens with zero attached hydrogens (tertiary/aromatic N) is 4. The van der Waals surface area contributed by atoms with E-state index in [4.69, 9.17) is 5.11 Å². The van der Waals surface area contributed by atoms with Gasteiger partial charge in [-0.15, -0.1) is 16.4 Å². The van der Waals surface area contributed by atoms with E-state index in [2.05, 4.69) is 33.4 Å². The molecule has 2 aromatic rings. The van der Waals surface area contributed by atoms with E-state index >= 15 is 0 Å². The van der Waals surface area contributed by atoms with Gasteiger partial charge < -0.3 is 5.11 Å². The lowest BCUT2D eigenvalue weighted by Crippen LogP contribution is -1.98. The zero-order valence-electron chi connectivity index (χ0n) is 10.1. The lowest BCUT2D eigenvalue weighted by atomic mass is 10.4. The van der Waals surface area contributed by atoms with Crippen molar-refractivity contribution in [1.29, 1.82) is 0 Å². The van der Waals surface area contributed by atoms with E-state index in [9.17, 15) is 0 Å². The van der Waals surface area contributed by atoms with Gasteiger partial charge in [-0.2, -0.15) is 0 Å². The van der Waals surface area contributed by atoms with Gasteiger partial charge in [0.2, 0.25) is 5.16 Å². The van der Waals surface area contributed by atoms with Crippen LogP contribution in [0.5, 0.6) is 0 Å². The van der Waals surface area contributed by atoms with Crippen LogP contribution < -0.4 is 0 Å². The van der Waals surface area contributed by atoms with Gasteiger partial charge in [-0.1, -0.05) is 23.6 Å². The Kier molecular flexibility index (Phi) is 3.82. The molecule has 0 aliphatic heterocycles. The van der Waals surface area contributed by atoms with E-state index in [0.717, 1.165) is 15.8 Å². The van der Waals surface area contributed by atoms with Crippen molar-refractivity contribution in [2.75, 3.05) is 6.61 Å². The number of hydrogen-bond acceptors (Lipinski definition) is 6. The summed E-state index contributed by atoms with van der Waals surface area (Å²) in [5.41, 5.74) is 0. The highest BCUT2D eigenvalue weighted by molar-refractivity contribution is 7.98. The molecule has 2 aromatic heterocycles. The zero-order valence-corrected chi connectivity index (χ0v) is 11.7. The Labute approximate surface area is 119 Å². The fourth-order valence-corrected chi connectivity index (χ4v) is 3.48. The lowest BCUT2D eigenvalue weighted by Gasteiger charge is -2.00. The maximum Gasteiger partial charge on any atom is 0.209 e. The molecule has 98 valence electrons. The predicted octanol–water partition coefficient (Wildman–Crippen LogP) is 1.71. The molecule has 0 aromatic carbocycles. The maximum atomic E-state index is 8.65. The number of aliphatic hydroxyl groups excluding tert-OH is 1. The monoisotopic (exact) mass is 292 g/mol. The second-order valence-corrected chi connectivity index (χ2v) is 6.26. The largest absolute Gasteiger partial charge is 0.384 e. The molecule has 0 radical (unpaired) electrons. The van der Waals surface area contributed by atoms with Crippen molar-refractivity contribution < 1.29 is 5.11 Å². The summed E-state index contributed by atoms with van der Waals surface area (Å²) in [6.07, 6.45) is 2.36. The highest BCUT2D eigenvalue weighted by Gasteiger charge is 2.27. The molecule has 0 unspecified atom stereocenters. The third kappa shape index (κ3) is 3.15. The molecule has 1 aliphatic carbocycles. The third-order valence-electron chi connectivity index (χ3n) is 2.65. The molecule has 0 spiro atoms. The molecular weight excluding hydrogens is 280 g/mol. The normalized spacial score (nSPS) is 14.2. The Balaban J connectivity index is 1.62. The standard InChI is InChI=1S/C12H12N4OS2/c17-7-1-2-10-5-6-11(19-10)8-18-12-13-14-15-16(12)9-3-4-9/h5-6,9,17H,3-4,7-8H2. The zero-order chi connectivity index (χ0) is 13.1. The van der Waals surface area contributed by atoms with E-state index in [1.807, 2.05) is 10.7 Å². The molecular formula is C12H12N4OS2. The summed E-state index contributed by atoms with van der Waals surface area (Å²) in [5, 5.41) is 21.4. The van der Waals surface area contributed by atoms with Crippen molar-refractivity contribution in [3.63, 3.8) is 0 Å². The number of rotatable bonds is 4. The number of hydrogen-bond donors (Lipinski definition) is 1. The average molecular weight is 292 g/mol. The Morgan fingerprint density at radius 1 is 1.47 bits per heavy atom. The number of tetrazole rings is 1. The minimum Gasteiger partial charge on any atom is -0.384 e. The van der Waals surface area contributed by atoms with E-state index in [1.54, 1.807) is 23.1 Å². The fraction of sp³-hybridized carbons (Fsp3) is 0.417. The lowest BCUT2D eigenvalue weighted by molar-refractivity contribution is 0.350. The van der Waals surface area contributed by atoms with Crippen LogP contribution in [0.1, 0.15) is 28.6 Å². The molecule has 5 nitrogen and oxygen atoms in total. The number of thiophene rings is 1. The minimum absolute atomic E-state index is 0.0991. The first-order chi connectivity index (χ1) is 9.36. The molecule has 3 rings (SSSR count). The first-order valence-electron chi connectivity index (χ1n) is 5.96. The smallest absolute Gasteiger partial charge is 0.209 e. The fourth-order valence-electron chi connectivity index (χ4n) is 1.61. The molecule has 1 fully saturated rings. The van der Waals surface area contributed by atoms with Crippen LogP contribution in [0.3, 0.4) is 0 Å². The topological polar surface area (TPSA) is 63.8 Å². The van der Waals surface area contributed by atoms with Gasteiger partial charge in [0.1, 0.15) is 6.61 Å². The van der Waals surface area contributed by atoms with Crippen molar-refractivity contribution in [3.05, 3.63) is 21.9 Å². The summed E-state index contributed by atoms with van der Waals surface area (Å²) in [7, 11) is 0. The summed E-state index contributed by atoms with van der Waals surface area (Å²) in [6.45, 7) is -0.0991. The minimum atomic E-state index is -0.0991. The molecule has 0 atom stereocenters. The van der Waals surface area contributed by atoms with Gasteiger partial charge in [-0.3, -0.25) is 0 Å². The first-order valence-corrected chi connectivity index (χ1v) is 7.76. The third-order valence-corrected chi connectivity index (χ3v) is 4.82. The van der Waals surface area contributed by atoms with E-state index in [0.29, 0.717) is 6.04 Å². The maximum absolute atomic E-state index is 8.65. The summed E-state index contributed by atoms with van der Waals surface area (Å²) >= 11 is 3.29. The quantitative estimate of drug-likeness (QED) is 0.686. The number of thioether (sulfide) groups is 1. The van der Waals surface area contributed by atoms with E-state index in [-0.39, 0.29) is 6.61 Å². The molecule has 0 amide bonds. The van der Waals surface area contributed by atoms with Crippen LogP contribution in [0, 0.1) is 11.8 Å². The van der Waals surface area contributed by atoms with Gasteiger partial charge in [0, 0.05) is 10.6 Å². The average Bonchev–Trinajstić information content (AvgIpc) is 3.00. The first kappa shape index (κ1) is 12.7. The van der Waals surface area contributed by atoms with Gasteiger partial charge >= 0.3 is 0 Å². The van der Waals surface area contributed by atoms with Gasteiger partial charge in [0.25, 0.3) is 0 Å². The molecule has 1 saturated carbocycles. The Bertz CT molecular complexity index is 621. The van der Waals surface area contributed by atoms with Crippen molar-refractivity contribution in [1.82, 2.24) is 20.2 Å². The van der Waals surface area contributed by atoms with Crippen LogP contribution in [0.4, 0.5) is 0 Å². The predicted molar refractivity (Wildman–Crippen MR) is 73.9 cm³/mol. The molecule has 1 N–H and O–H groups in total. The molecule has 19 heavy (non-hydrogen) atoms. The highest BCUT2D eigenvalue weighted by atomic mass is 32.2. The van der Waals surface area contributed by atoms with Gasteiger partial charge in [-0.05, 0) is 35.4 Å². The SMILES string of the molecule is OCC#Cc1ccc(CSc2nnnn2C2CC2)s1. The number of aromatic nitrogens is 4. The Morgan fingerprint density at radius 3 is 3.16 bits per heavy atom. The van der Waals surface area contributed by atoms with Crippen molar-refractivity contribution in [2.45, 2.75) is 29.8 Å². The van der Waals surface area contributed by atoms with Gasteiger partial charge in [-0.25, -0.2) is 4.68 Å². The Morgan fingerprint density at radius 2 is 2.37 bits per heavy atom. The van der Waals surface area contributed by atoms with Gasteiger partial charge in [0.05, 0.1) is 10.9 Å². The second-order valence-electron chi connectivity index (χ2n) is 4.15. The molecule has 2 heterocycles. The van der Waals surface area contributed by atoms with Crippen LogP contribution >= 0.6 is 23.1 Å². The highest BCUT2D eigenvalue weighted by Crippen LogP contribution is 2.37. The van der Waals surface area contributed by atoms with Crippen molar-refractivity contribution in [2.24, 2.45) is 0 Å². The van der Waals surface area contributed by atoms with Crippen molar-refractivity contribution >= 4 is 23.1 Å². The van der Waals surface area contributed by atoms with E-state index in [1.165, 1.54) is 17.7 Å². The van der Waals surface area contributed by atoms with Crippen LogP contribution in [-0.4, -0.2) is 31.9 Å². The van der Waals surface area contributed by atoms with Gasteiger partial charge in [0.15, 0.2) is 0 Å². The van der Waals surface area contributed by atoms with Crippen LogP contribution in [-0.2, 0) is 5.75 Å². The Hall–Kier alpha value is -1.36. The van der Waals surface area contributed by atoms with Crippen LogP contribution in [0.15, 0.2) is 17.3 Å². The van der Waals surface area contributed by atoms with E-state index < -0.39 is 0 Å². The summed E-state index contributed by atoms with van der Waals surface area (Å²) in [5.74, 6) is 6.41. The molecule has 0 bridgehead atoms. The van der Waals surface area contributed by atoms with Crippen LogP contribution in [0.2, 0.25) is 0 Å². The van der Waals surface area contributed by atoms with Crippen molar-refractivity contribution in [3.8, 4) is 11.8 Å². The molecule has 1 aliphatic rings. The number of aliphatic hydroxyl groups is 1. The molecule has 7 heteroatoms. The summed E-state index contributed by atoms with van der Waals surface area (Å²) < 4.78 is 1.92. The molecule has 0 saturated heterocycles.